The topological polar surface area (TPSA) is 67.4 Å². The largest absolute Gasteiger partial charge is 0.444 e. The Hall–Kier alpha value is -1.85. The first-order chi connectivity index (χ1) is 10.4. The summed E-state index contributed by atoms with van der Waals surface area (Å²) in [5.74, 6) is 1.19. The number of alkyl carbamates (subject to hydrolysis) is 1. The van der Waals surface area contributed by atoms with Gasteiger partial charge in [0.2, 0.25) is 5.95 Å². The molecule has 122 valence electrons. The minimum atomic E-state index is -0.482. The lowest BCUT2D eigenvalue weighted by molar-refractivity contribution is 0.0519. The van der Waals surface area contributed by atoms with E-state index in [0.717, 1.165) is 25.3 Å². The van der Waals surface area contributed by atoms with Gasteiger partial charge in [-0.25, -0.2) is 14.8 Å². The molecule has 22 heavy (non-hydrogen) atoms. The van der Waals surface area contributed by atoms with Crippen molar-refractivity contribution in [2.24, 2.45) is 5.92 Å². The molecule has 1 N–H and O–H groups in total. The Morgan fingerprint density at radius 1 is 1.41 bits per heavy atom. The lowest BCUT2D eigenvalue weighted by Crippen LogP contribution is -2.52. The summed E-state index contributed by atoms with van der Waals surface area (Å²) in [5.41, 5.74) is -0.482. The molecule has 0 aliphatic carbocycles. The summed E-state index contributed by atoms with van der Waals surface area (Å²) >= 11 is 0. The van der Waals surface area contributed by atoms with Crippen LogP contribution in [0.4, 0.5) is 10.7 Å². The van der Waals surface area contributed by atoms with Gasteiger partial charge in [0.25, 0.3) is 0 Å². The number of anilines is 1. The number of nitrogens with one attached hydrogen (secondary N) is 1. The van der Waals surface area contributed by atoms with Crippen LogP contribution in [0.2, 0.25) is 0 Å². The van der Waals surface area contributed by atoms with Gasteiger partial charge in [-0.15, -0.1) is 0 Å². The first kappa shape index (κ1) is 16.5. The fourth-order valence-electron chi connectivity index (χ4n) is 2.75. The Bertz CT molecular complexity index is 487. The zero-order chi connectivity index (χ0) is 16.2. The second-order valence-corrected chi connectivity index (χ2v) is 6.81. The molecule has 2 rings (SSSR count). The second-order valence-electron chi connectivity index (χ2n) is 6.81. The summed E-state index contributed by atoms with van der Waals surface area (Å²) in [5, 5.41) is 2.88. The number of hydrogen-bond donors (Lipinski definition) is 1. The molecule has 0 saturated carbocycles. The van der Waals surface area contributed by atoms with E-state index in [1.165, 1.54) is 0 Å². The molecule has 1 fully saturated rings. The molecule has 0 spiro atoms. The average molecular weight is 306 g/mol. The molecule has 0 unspecified atom stereocenters. The number of carbonyl (C=O) groups excluding carboxylic acids is 1. The van der Waals surface area contributed by atoms with Gasteiger partial charge in [-0.1, -0.05) is 6.92 Å². The number of rotatable bonds is 3. The molecule has 6 heteroatoms. The van der Waals surface area contributed by atoms with E-state index in [4.69, 9.17) is 4.74 Å². The van der Waals surface area contributed by atoms with Gasteiger partial charge in [0.1, 0.15) is 5.60 Å². The van der Waals surface area contributed by atoms with Crippen molar-refractivity contribution < 1.29 is 9.53 Å². The summed E-state index contributed by atoms with van der Waals surface area (Å²) in [7, 11) is 0. The van der Waals surface area contributed by atoms with Crippen LogP contribution < -0.4 is 10.2 Å². The van der Waals surface area contributed by atoms with Crippen molar-refractivity contribution in [1.82, 2.24) is 15.3 Å². The molecule has 1 aliphatic rings. The third-order valence-corrected chi connectivity index (χ3v) is 3.78. The molecule has 1 aromatic rings. The van der Waals surface area contributed by atoms with Crippen LogP contribution in [0.25, 0.3) is 0 Å². The number of piperidine rings is 1. The lowest BCUT2D eigenvalue weighted by Gasteiger charge is -2.40. The molecule has 1 aliphatic heterocycles. The number of amides is 1. The van der Waals surface area contributed by atoms with Crippen LogP contribution >= 0.6 is 0 Å². The van der Waals surface area contributed by atoms with E-state index in [1.54, 1.807) is 12.4 Å². The molecule has 6 nitrogen and oxygen atoms in total. The third-order valence-electron chi connectivity index (χ3n) is 3.78. The zero-order valence-corrected chi connectivity index (χ0v) is 13.9. The number of hydrogen-bond acceptors (Lipinski definition) is 5. The summed E-state index contributed by atoms with van der Waals surface area (Å²) < 4.78 is 5.31. The van der Waals surface area contributed by atoms with E-state index in [1.807, 2.05) is 26.8 Å². The lowest BCUT2D eigenvalue weighted by atomic mass is 9.91. The third kappa shape index (κ3) is 4.58. The van der Waals surface area contributed by atoms with Gasteiger partial charge in [0, 0.05) is 25.5 Å². The molecule has 0 aromatic carbocycles. The van der Waals surface area contributed by atoms with Crippen LogP contribution in [0.15, 0.2) is 18.5 Å². The summed E-state index contributed by atoms with van der Waals surface area (Å²) in [4.78, 5) is 22.7. The molecule has 2 heterocycles. The van der Waals surface area contributed by atoms with E-state index in [-0.39, 0.29) is 12.1 Å². The maximum Gasteiger partial charge on any atom is 0.407 e. The predicted octanol–water partition coefficient (Wildman–Crippen LogP) is 2.61. The van der Waals surface area contributed by atoms with E-state index in [9.17, 15) is 4.79 Å². The molecular formula is C16H26N4O2. The normalized spacial score (nSPS) is 22.3. The first-order valence-electron chi connectivity index (χ1n) is 7.87. The number of aromatic nitrogens is 2. The predicted molar refractivity (Wildman–Crippen MR) is 85.8 cm³/mol. The van der Waals surface area contributed by atoms with E-state index < -0.39 is 5.60 Å². The molecule has 1 saturated heterocycles. The maximum absolute atomic E-state index is 11.9. The van der Waals surface area contributed by atoms with Gasteiger partial charge < -0.3 is 15.0 Å². The van der Waals surface area contributed by atoms with Gasteiger partial charge in [-0.05, 0) is 45.6 Å². The van der Waals surface area contributed by atoms with Crippen molar-refractivity contribution in [3.63, 3.8) is 0 Å². The molecule has 1 amide bonds. The maximum atomic E-state index is 11.9. The van der Waals surface area contributed by atoms with Crippen molar-refractivity contribution in [3.8, 4) is 0 Å². The summed E-state index contributed by atoms with van der Waals surface area (Å²) in [6.45, 7) is 9.24. The van der Waals surface area contributed by atoms with Crippen LogP contribution in [0, 0.1) is 5.92 Å². The molecule has 1 aromatic heterocycles. The van der Waals surface area contributed by atoms with Gasteiger partial charge in [-0.2, -0.15) is 0 Å². The molecule has 0 radical (unpaired) electrons. The highest BCUT2D eigenvalue weighted by molar-refractivity contribution is 5.67. The fourth-order valence-corrected chi connectivity index (χ4v) is 2.75. The molecule has 0 bridgehead atoms. The zero-order valence-electron chi connectivity index (χ0n) is 13.9. The molecule has 2 atom stereocenters. The van der Waals surface area contributed by atoms with Gasteiger partial charge in [-0.3, -0.25) is 0 Å². The second kappa shape index (κ2) is 6.94. The highest BCUT2D eigenvalue weighted by Gasteiger charge is 2.30. The van der Waals surface area contributed by atoms with Gasteiger partial charge in [0.15, 0.2) is 0 Å². The van der Waals surface area contributed by atoms with E-state index >= 15 is 0 Å². The Morgan fingerprint density at radius 2 is 2.09 bits per heavy atom. The quantitative estimate of drug-likeness (QED) is 0.929. The average Bonchev–Trinajstić information content (AvgIpc) is 2.45. The van der Waals surface area contributed by atoms with Crippen molar-refractivity contribution in [1.29, 1.82) is 0 Å². The van der Waals surface area contributed by atoms with Crippen molar-refractivity contribution in [2.75, 3.05) is 18.0 Å². The van der Waals surface area contributed by atoms with Crippen molar-refractivity contribution in [2.45, 2.75) is 52.2 Å². The Labute approximate surface area is 132 Å². The standard InChI is InChI=1S/C16H26N4O2/c1-12-7-5-10-20(14-17-8-6-9-18-14)13(12)11-19-15(21)22-16(2,3)4/h6,8-9,12-13H,5,7,10-11H2,1-4H3,(H,19,21)/t12-,13+/m0/s1. The Morgan fingerprint density at radius 3 is 2.73 bits per heavy atom. The van der Waals surface area contributed by atoms with Crippen molar-refractivity contribution >= 4 is 12.0 Å². The highest BCUT2D eigenvalue weighted by atomic mass is 16.6. The monoisotopic (exact) mass is 306 g/mol. The van der Waals surface area contributed by atoms with Crippen LogP contribution in [0.5, 0.6) is 0 Å². The Balaban J connectivity index is 2.00. The minimum Gasteiger partial charge on any atom is -0.444 e. The van der Waals surface area contributed by atoms with Crippen LogP contribution in [-0.4, -0.2) is 40.8 Å². The highest BCUT2D eigenvalue weighted by Crippen LogP contribution is 2.25. The van der Waals surface area contributed by atoms with Crippen molar-refractivity contribution in [3.05, 3.63) is 18.5 Å². The summed E-state index contributed by atoms with van der Waals surface area (Å²) in [6, 6.07) is 1.99. The number of carbonyl (C=O) groups is 1. The summed E-state index contributed by atoms with van der Waals surface area (Å²) in [6.07, 6.45) is 5.38. The smallest absolute Gasteiger partial charge is 0.407 e. The number of nitrogens with zero attached hydrogens (tertiary/aromatic N) is 3. The van der Waals surface area contributed by atoms with Crippen LogP contribution in [0.3, 0.4) is 0 Å². The van der Waals surface area contributed by atoms with Crippen LogP contribution in [0.1, 0.15) is 40.5 Å². The number of ether oxygens (including phenoxy) is 1. The van der Waals surface area contributed by atoms with Gasteiger partial charge >= 0.3 is 6.09 Å². The van der Waals surface area contributed by atoms with Crippen LogP contribution in [-0.2, 0) is 4.74 Å². The molecular weight excluding hydrogens is 280 g/mol. The SMILES string of the molecule is C[C@H]1CCCN(c2ncccn2)[C@@H]1CNC(=O)OC(C)(C)C. The Kier molecular flexibility index (Phi) is 5.21. The fraction of sp³-hybridized carbons (Fsp3) is 0.688. The van der Waals surface area contributed by atoms with E-state index in [2.05, 4.69) is 27.1 Å². The minimum absolute atomic E-state index is 0.184. The first-order valence-corrected chi connectivity index (χ1v) is 7.87. The van der Waals surface area contributed by atoms with E-state index in [0.29, 0.717) is 12.5 Å². The van der Waals surface area contributed by atoms with Gasteiger partial charge in [0.05, 0.1) is 6.04 Å².